The number of nitrogens with one attached hydrogen (secondary N) is 1. The summed E-state index contributed by atoms with van der Waals surface area (Å²) in [6.07, 6.45) is 0.872. The van der Waals surface area contributed by atoms with Crippen molar-refractivity contribution < 1.29 is 16.8 Å². The van der Waals surface area contributed by atoms with Gasteiger partial charge in [-0.25, -0.2) is 31.5 Å². The number of hydrogen-bond acceptors (Lipinski definition) is 6. The van der Waals surface area contributed by atoms with Crippen molar-refractivity contribution in [2.75, 3.05) is 12.3 Å². The highest BCUT2D eigenvalue weighted by atomic mass is 32.2. The summed E-state index contributed by atoms with van der Waals surface area (Å²) in [5.41, 5.74) is -1.62. The number of rotatable bonds is 6. The van der Waals surface area contributed by atoms with E-state index < -0.39 is 36.2 Å². The van der Waals surface area contributed by atoms with Crippen molar-refractivity contribution in [2.45, 2.75) is 11.3 Å². The number of nitrogens with two attached hydrogens (primary N) is 1. The third kappa shape index (κ3) is 4.49. The van der Waals surface area contributed by atoms with Crippen molar-refractivity contribution in [3.8, 4) is 0 Å². The van der Waals surface area contributed by atoms with Crippen LogP contribution in [0.1, 0.15) is 6.42 Å². The van der Waals surface area contributed by atoms with Crippen molar-refractivity contribution in [3.05, 3.63) is 27.0 Å². The van der Waals surface area contributed by atoms with Crippen molar-refractivity contribution in [1.82, 2.24) is 13.9 Å². The second-order valence-corrected chi connectivity index (χ2v) is 7.84. The molecule has 1 heterocycles. The van der Waals surface area contributed by atoms with Crippen LogP contribution in [0.5, 0.6) is 0 Å². The van der Waals surface area contributed by atoms with E-state index in [2.05, 4.69) is 4.72 Å². The van der Waals surface area contributed by atoms with Gasteiger partial charge in [0.25, 0.3) is 5.56 Å². The fourth-order valence-corrected chi connectivity index (χ4v) is 3.30. The van der Waals surface area contributed by atoms with Gasteiger partial charge >= 0.3 is 5.69 Å². The molecule has 1 aromatic heterocycles. The van der Waals surface area contributed by atoms with E-state index in [1.807, 2.05) is 0 Å². The molecule has 1 aromatic rings. The number of sulfonamides is 2. The molecule has 10 nitrogen and oxygen atoms in total. The summed E-state index contributed by atoms with van der Waals surface area (Å²) in [7, 11) is -5.36. The molecule has 0 spiro atoms. The highest BCUT2D eigenvalue weighted by Gasteiger charge is 2.21. The van der Waals surface area contributed by atoms with E-state index in [9.17, 15) is 26.4 Å². The van der Waals surface area contributed by atoms with Crippen LogP contribution in [0, 0.1) is 0 Å². The van der Waals surface area contributed by atoms with Gasteiger partial charge in [-0.05, 0) is 6.42 Å². The van der Waals surface area contributed by atoms with Gasteiger partial charge in [0.05, 0.1) is 5.75 Å². The first-order valence-corrected chi connectivity index (χ1v) is 8.92. The Morgan fingerprint density at radius 2 is 1.76 bits per heavy atom. The Balaban J connectivity index is 3.00. The average molecular weight is 340 g/mol. The van der Waals surface area contributed by atoms with Gasteiger partial charge in [-0.1, -0.05) is 0 Å². The fraction of sp³-hybridized carbons (Fsp3) is 0.556. The van der Waals surface area contributed by atoms with Crippen LogP contribution in [0.4, 0.5) is 0 Å². The maximum absolute atomic E-state index is 12.0. The minimum absolute atomic E-state index is 0.0376. The average Bonchev–Trinajstić information content (AvgIpc) is 2.35. The largest absolute Gasteiger partial charge is 0.330 e. The molecule has 0 aliphatic carbocycles. The van der Waals surface area contributed by atoms with E-state index >= 15 is 0 Å². The molecule has 120 valence electrons. The van der Waals surface area contributed by atoms with Crippen molar-refractivity contribution >= 4 is 20.0 Å². The van der Waals surface area contributed by atoms with Gasteiger partial charge in [0, 0.05) is 26.8 Å². The van der Waals surface area contributed by atoms with Crippen molar-refractivity contribution in [3.63, 3.8) is 0 Å². The van der Waals surface area contributed by atoms with E-state index in [0.717, 1.165) is 17.8 Å². The first kappa shape index (κ1) is 17.6. The van der Waals surface area contributed by atoms with Gasteiger partial charge in [-0.2, -0.15) is 0 Å². The molecule has 0 saturated carbocycles. The second-order valence-electron chi connectivity index (χ2n) is 4.37. The Kier molecular flexibility index (Phi) is 5.09. The molecule has 12 heteroatoms. The summed E-state index contributed by atoms with van der Waals surface area (Å²) >= 11 is 0. The van der Waals surface area contributed by atoms with Crippen molar-refractivity contribution in [2.24, 2.45) is 19.2 Å². The molecule has 0 saturated heterocycles. The lowest BCUT2D eigenvalue weighted by atomic mass is 10.5. The highest BCUT2D eigenvalue weighted by molar-refractivity contribution is 7.89. The van der Waals surface area contributed by atoms with Crippen LogP contribution in [-0.2, 0) is 34.1 Å². The van der Waals surface area contributed by atoms with Crippen LogP contribution >= 0.6 is 0 Å². The highest BCUT2D eigenvalue weighted by Crippen LogP contribution is 2.00. The Morgan fingerprint density at radius 3 is 2.29 bits per heavy atom. The Hall–Kier alpha value is -1.50. The van der Waals surface area contributed by atoms with E-state index in [4.69, 9.17) is 5.14 Å². The predicted octanol–water partition coefficient (Wildman–Crippen LogP) is -2.96. The van der Waals surface area contributed by atoms with Gasteiger partial charge in [-0.15, -0.1) is 0 Å². The Labute approximate surface area is 121 Å². The topological polar surface area (TPSA) is 150 Å². The van der Waals surface area contributed by atoms with Gasteiger partial charge in [0.1, 0.15) is 0 Å². The molecule has 0 aliphatic rings. The van der Waals surface area contributed by atoms with E-state index in [1.54, 1.807) is 0 Å². The van der Waals surface area contributed by atoms with E-state index in [-0.39, 0.29) is 18.7 Å². The van der Waals surface area contributed by atoms with Crippen LogP contribution in [0.3, 0.4) is 0 Å². The lowest BCUT2D eigenvalue weighted by Crippen LogP contribution is -2.41. The molecule has 0 aliphatic heterocycles. The number of nitrogens with zero attached hydrogens (tertiary/aromatic N) is 2. The maximum atomic E-state index is 12.0. The zero-order valence-corrected chi connectivity index (χ0v) is 13.1. The number of primary sulfonamides is 1. The fourth-order valence-electron chi connectivity index (χ4n) is 1.52. The summed E-state index contributed by atoms with van der Waals surface area (Å²) in [6.45, 7) is -0.204. The van der Waals surface area contributed by atoms with Crippen LogP contribution in [-0.4, -0.2) is 38.3 Å². The Bertz CT molecular complexity index is 849. The second kappa shape index (κ2) is 6.09. The quantitative estimate of drug-likeness (QED) is 0.528. The molecule has 0 atom stereocenters. The predicted molar refractivity (Wildman–Crippen MR) is 74.7 cm³/mol. The van der Waals surface area contributed by atoms with Gasteiger partial charge in [0.2, 0.25) is 20.0 Å². The summed E-state index contributed by atoms with van der Waals surface area (Å²) in [4.78, 5) is 22.7. The van der Waals surface area contributed by atoms with Crippen LogP contribution in [0.15, 0.2) is 20.7 Å². The first-order chi connectivity index (χ1) is 9.46. The minimum Gasteiger partial charge on any atom is -0.302 e. The van der Waals surface area contributed by atoms with Crippen LogP contribution < -0.4 is 21.1 Å². The number of aromatic nitrogens is 2. The molecule has 0 amide bonds. The molecular weight excluding hydrogens is 324 g/mol. The third-order valence-electron chi connectivity index (χ3n) is 2.60. The van der Waals surface area contributed by atoms with Crippen LogP contribution in [0.25, 0.3) is 0 Å². The molecular formula is C9H16N4O6S2. The zero-order valence-electron chi connectivity index (χ0n) is 11.4. The smallest absolute Gasteiger partial charge is 0.302 e. The zero-order chi connectivity index (χ0) is 16.4. The number of hydrogen-bond donors (Lipinski definition) is 2. The minimum atomic E-state index is -4.15. The Morgan fingerprint density at radius 1 is 1.19 bits per heavy atom. The summed E-state index contributed by atoms with van der Waals surface area (Å²) < 4.78 is 49.1. The molecule has 0 radical (unpaired) electrons. The maximum Gasteiger partial charge on any atom is 0.330 e. The molecule has 21 heavy (non-hydrogen) atoms. The van der Waals surface area contributed by atoms with Gasteiger partial charge in [-0.3, -0.25) is 9.36 Å². The summed E-state index contributed by atoms with van der Waals surface area (Å²) in [6, 6.07) is 0. The molecule has 0 fully saturated rings. The first-order valence-electron chi connectivity index (χ1n) is 5.72. The van der Waals surface area contributed by atoms with Gasteiger partial charge in [0.15, 0.2) is 4.90 Å². The molecule has 0 aromatic carbocycles. The monoisotopic (exact) mass is 340 g/mol. The SMILES string of the molecule is Cn1cc(S(=O)(=O)NCCCS(N)(=O)=O)c(=O)n(C)c1=O. The lowest BCUT2D eigenvalue weighted by Gasteiger charge is -2.08. The standard InChI is InChI=1S/C9H16N4O6S2/c1-12-6-7(8(14)13(2)9(12)15)21(18,19)11-4-3-5-20(10,16)17/h6,11H,3-5H2,1-2H3,(H2,10,16,17). The summed E-state index contributed by atoms with van der Waals surface area (Å²) in [5, 5.41) is 4.78. The third-order valence-corrected chi connectivity index (χ3v) is 4.90. The number of aryl methyl sites for hydroxylation is 1. The van der Waals surface area contributed by atoms with E-state index in [1.165, 1.54) is 7.05 Å². The van der Waals surface area contributed by atoms with Crippen molar-refractivity contribution in [1.29, 1.82) is 0 Å². The lowest BCUT2D eigenvalue weighted by molar-refractivity contribution is 0.568. The van der Waals surface area contributed by atoms with Crippen LogP contribution in [0.2, 0.25) is 0 Å². The molecule has 0 unspecified atom stereocenters. The van der Waals surface area contributed by atoms with E-state index in [0.29, 0.717) is 4.57 Å². The normalized spacial score (nSPS) is 12.5. The molecule has 0 bridgehead atoms. The molecule has 1 rings (SSSR count). The summed E-state index contributed by atoms with van der Waals surface area (Å²) in [5.74, 6) is -0.388. The molecule has 3 N–H and O–H groups in total. The van der Waals surface area contributed by atoms with Gasteiger partial charge < -0.3 is 4.57 Å².